The number of nitrogens with zero attached hydrogens (tertiary/aromatic N) is 1. The lowest BCUT2D eigenvalue weighted by Gasteiger charge is -2.13. The summed E-state index contributed by atoms with van der Waals surface area (Å²) in [6.45, 7) is 5.79. The van der Waals surface area contributed by atoms with Crippen LogP contribution in [-0.2, 0) is 14.3 Å². The maximum absolute atomic E-state index is 12.2. The van der Waals surface area contributed by atoms with Crippen molar-refractivity contribution in [3.8, 4) is 0 Å². The van der Waals surface area contributed by atoms with Gasteiger partial charge in [0.1, 0.15) is 0 Å². The highest BCUT2D eigenvalue weighted by Crippen LogP contribution is 2.31. The SMILES string of the molecule is C=CCC(C(=O)OCC)C1=NC(c2ccc(NC(=O)OC)cc2N)=CC1. The molecule has 0 fully saturated rings. The van der Waals surface area contributed by atoms with Crippen LogP contribution in [0.2, 0.25) is 0 Å². The highest BCUT2D eigenvalue weighted by Gasteiger charge is 2.27. The Morgan fingerprint density at radius 1 is 1.46 bits per heavy atom. The van der Waals surface area contributed by atoms with Crippen molar-refractivity contribution in [1.29, 1.82) is 0 Å². The molecule has 0 spiro atoms. The Labute approximate surface area is 152 Å². The fraction of sp³-hybridized carbons (Fsp3) is 0.316. The van der Waals surface area contributed by atoms with Gasteiger partial charge in [-0.05, 0) is 31.5 Å². The van der Waals surface area contributed by atoms with E-state index in [0.717, 1.165) is 11.3 Å². The third kappa shape index (κ3) is 4.50. The number of carbonyl (C=O) groups is 2. The highest BCUT2D eigenvalue weighted by atomic mass is 16.5. The van der Waals surface area contributed by atoms with Gasteiger partial charge in [0.25, 0.3) is 0 Å². The number of rotatable bonds is 7. The predicted molar refractivity (Wildman–Crippen MR) is 102 cm³/mol. The Kier molecular flexibility index (Phi) is 6.54. The van der Waals surface area contributed by atoms with Crippen molar-refractivity contribution >= 4 is 34.8 Å². The number of anilines is 2. The normalized spacial score (nSPS) is 14.1. The van der Waals surface area contributed by atoms with Gasteiger partial charge in [-0.25, -0.2) is 4.79 Å². The topological polar surface area (TPSA) is 103 Å². The lowest BCUT2D eigenvalue weighted by atomic mass is 9.98. The summed E-state index contributed by atoms with van der Waals surface area (Å²) in [6.07, 6.45) is 4.05. The number of esters is 1. The Morgan fingerprint density at radius 3 is 2.85 bits per heavy atom. The molecule has 7 heteroatoms. The molecule has 1 unspecified atom stereocenters. The van der Waals surface area contributed by atoms with Crippen molar-refractivity contribution in [2.24, 2.45) is 10.9 Å². The Hall–Kier alpha value is -3.09. The van der Waals surface area contributed by atoms with Gasteiger partial charge in [0.2, 0.25) is 0 Å². The second-order valence-electron chi connectivity index (χ2n) is 5.64. The fourth-order valence-corrected chi connectivity index (χ4v) is 2.66. The van der Waals surface area contributed by atoms with E-state index < -0.39 is 12.0 Å². The van der Waals surface area contributed by atoms with E-state index in [1.54, 1.807) is 31.2 Å². The number of hydrogen-bond acceptors (Lipinski definition) is 6. The molecule has 1 aromatic carbocycles. The first-order valence-electron chi connectivity index (χ1n) is 8.30. The van der Waals surface area contributed by atoms with Gasteiger partial charge < -0.3 is 15.2 Å². The Bertz CT molecular complexity index is 768. The van der Waals surface area contributed by atoms with Crippen LogP contribution in [0.25, 0.3) is 5.70 Å². The van der Waals surface area contributed by atoms with Crippen molar-refractivity contribution < 1.29 is 19.1 Å². The number of ether oxygens (including phenoxy) is 2. The quantitative estimate of drug-likeness (QED) is 0.442. The van der Waals surface area contributed by atoms with Crippen LogP contribution in [0.3, 0.4) is 0 Å². The molecule has 1 aliphatic heterocycles. The molecular weight excluding hydrogens is 334 g/mol. The Balaban J connectivity index is 2.20. The summed E-state index contributed by atoms with van der Waals surface area (Å²) >= 11 is 0. The average molecular weight is 357 g/mol. The summed E-state index contributed by atoms with van der Waals surface area (Å²) in [5.74, 6) is -0.742. The molecular formula is C19H23N3O4. The van der Waals surface area contributed by atoms with Gasteiger partial charge in [0.05, 0.1) is 25.3 Å². The van der Waals surface area contributed by atoms with Crippen LogP contribution in [0, 0.1) is 5.92 Å². The molecule has 1 aromatic rings. The zero-order chi connectivity index (χ0) is 19.1. The lowest BCUT2D eigenvalue weighted by molar-refractivity contribution is -0.145. The van der Waals surface area contributed by atoms with E-state index in [0.29, 0.717) is 36.5 Å². The van der Waals surface area contributed by atoms with Crippen molar-refractivity contribution in [2.45, 2.75) is 19.8 Å². The smallest absolute Gasteiger partial charge is 0.411 e. The number of amides is 1. The number of methoxy groups -OCH3 is 1. The van der Waals surface area contributed by atoms with Crippen LogP contribution in [0.1, 0.15) is 25.3 Å². The predicted octanol–water partition coefficient (Wildman–Crippen LogP) is 3.39. The summed E-state index contributed by atoms with van der Waals surface area (Å²) in [6, 6.07) is 5.11. The number of benzene rings is 1. The standard InChI is InChI=1S/C19H23N3O4/c1-4-6-14(18(23)26-5-2)17-10-9-16(22-17)13-8-7-12(11-15(13)20)21-19(24)25-3/h4,7-9,11,14H,1,5-6,10,20H2,2-3H3,(H,21,24). The summed E-state index contributed by atoms with van der Waals surface area (Å²) in [7, 11) is 1.29. The van der Waals surface area contributed by atoms with Gasteiger partial charge in [0.15, 0.2) is 0 Å². The van der Waals surface area contributed by atoms with Gasteiger partial charge in [0, 0.05) is 29.1 Å². The van der Waals surface area contributed by atoms with Crippen molar-refractivity contribution in [2.75, 3.05) is 24.8 Å². The van der Waals surface area contributed by atoms with E-state index in [1.165, 1.54) is 7.11 Å². The van der Waals surface area contributed by atoms with Gasteiger partial charge >= 0.3 is 12.1 Å². The number of nitrogens with two attached hydrogens (primary N) is 1. The molecule has 138 valence electrons. The average Bonchev–Trinajstić information content (AvgIpc) is 3.09. The highest BCUT2D eigenvalue weighted by molar-refractivity contribution is 6.08. The number of nitrogens with one attached hydrogen (secondary N) is 1. The third-order valence-electron chi connectivity index (χ3n) is 3.90. The summed E-state index contributed by atoms with van der Waals surface area (Å²) in [5, 5.41) is 2.55. The summed E-state index contributed by atoms with van der Waals surface area (Å²) in [4.78, 5) is 28.0. The number of nitrogen functional groups attached to an aromatic ring is 1. The van der Waals surface area contributed by atoms with Crippen LogP contribution in [0.5, 0.6) is 0 Å². The molecule has 0 radical (unpaired) electrons. The minimum atomic E-state index is -0.570. The monoisotopic (exact) mass is 357 g/mol. The van der Waals surface area contributed by atoms with Gasteiger partial charge in [-0.1, -0.05) is 12.2 Å². The van der Waals surface area contributed by atoms with E-state index >= 15 is 0 Å². The lowest BCUT2D eigenvalue weighted by Crippen LogP contribution is -2.24. The first kappa shape index (κ1) is 19.2. The molecule has 1 heterocycles. The number of hydrogen-bond donors (Lipinski definition) is 2. The van der Waals surface area contributed by atoms with E-state index in [2.05, 4.69) is 21.6 Å². The van der Waals surface area contributed by atoms with Gasteiger partial charge in [-0.15, -0.1) is 6.58 Å². The fourth-order valence-electron chi connectivity index (χ4n) is 2.66. The van der Waals surface area contributed by atoms with Crippen LogP contribution in [-0.4, -0.2) is 31.5 Å². The number of allylic oxidation sites excluding steroid dienone is 2. The maximum Gasteiger partial charge on any atom is 0.411 e. The molecule has 2 rings (SSSR count). The molecule has 26 heavy (non-hydrogen) atoms. The molecule has 0 saturated heterocycles. The molecule has 3 N–H and O–H groups in total. The minimum Gasteiger partial charge on any atom is -0.465 e. The van der Waals surface area contributed by atoms with E-state index in [4.69, 9.17) is 10.5 Å². The van der Waals surface area contributed by atoms with E-state index in [1.807, 2.05) is 6.08 Å². The zero-order valence-corrected chi connectivity index (χ0v) is 15.0. The largest absolute Gasteiger partial charge is 0.465 e. The molecule has 0 saturated carbocycles. The third-order valence-corrected chi connectivity index (χ3v) is 3.90. The van der Waals surface area contributed by atoms with Crippen LogP contribution in [0.15, 0.2) is 41.9 Å². The van der Waals surface area contributed by atoms with Crippen LogP contribution in [0.4, 0.5) is 16.2 Å². The molecule has 1 aliphatic rings. The second kappa shape index (κ2) is 8.84. The van der Waals surface area contributed by atoms with Gasteiger partial charge in [-0.2, -0.15) is 0 Å². The number of carbonyl (C=O) groups excluding carboxylic acids is 2. The first-order chi connectivity index (χ1) is 12.5. The maximum atomic E-state index is 12.2. The van der Waals surface area contributed by atoms with Crippen molar-refractivity contribution in [1.82, 2.24) is 0 Å². The summed E-state index contributed by atoms with van der Waals surface area (Å²) in [5.41, 5.74) is 9.24. The molecule has 0 aromatic heterocycles. The Morgan fingerprint density at radius 2 is 2.23 bits per heavy atom. The molecule has 7 nitrogen and oxygen atoms in total. The van der Waals surface area contributed by atoms with Gasteiger partial charge in [-0.3, -0.25) is 15.1 Å². The van der Waals surface area contributed by atoms with Crippen molar-refractivity contribution in [3.63, 3.8) is 0 Å². The zero-order valence-electron chi connectivity index (χ0n) is 15.0. The summed E-state index contributed by atoms with van der Waals surface area (Å²) < 4.78 is 9.68. The van der Waals surface area contributed by atoms with Crippen molar-refractivity contribution in [3.05, 3.63) is 42.5 Å². The molecule has 1 atom stereocenters. The van der Waals surface area contributed by atoms with E-state index in [9.17, 15) is 9.59 Å². The second-order valence-corrected chi connectivity index (χ2v) is 5.64. The van der Waals surface area contributed by atoms with Crippen LogP contribution < -0.4 is 11.1 Å². The molecule has 1 amide bonds. The van der Waals surface area contributed by atoms with Crippen LogP contribution >= 0.6 is 0 Å². The van der Waals surface area contributed by atoms with E-state index in [-0.39, 0.29) is 5.97 Å². The molecule has 0 aliphatic carbocycles. The minimum absolute atomic E-state index is 0.300. The molecule has 0 bridgehead atoms. The first-order valence-corrected chi connectivity index (χ1v) is 8.30. The number of aliphatic imine (C=N–C) groups is 1.